The Labute approximate surface area is 283 Å². The number of aromatic nitrogens is 1. The molecule has 0 aliphatic rings. The Balaban J connectivity index is 2.41. The first-order valence-electron chi connectivity index (χ1n) is 16.1. The number of primary amides is 1. The van der Waals surface area contributed by atoms with E-state index >= 15 is 0 Å². The number of aromatic amines is 1. The lowest BCUT2D eigenvalue weighted by molar-refractivity contribution is -0.142. The van der Waals surface area contributed by atoms with Crippen LogP contribution in [-0.2, 0) is 40.0 Å². The summed E-state index contributed by atoms with van der Waals surface area (Å²) in [5.74, 6) is -6.83. The molecule has 0 saturated carbocycles. The first-order chi connectivity index (χ1) is 23.1. The number of benzene rings is 1. The summed E-state index contributed by atoms with van der Waals surface area (Å²) in [4.78, 5) is 91.2. The van der Waals surface area contributed by atoms with Crippen LogP contribution >= 0.6 is 0 Å². The van der Waals surface area contributed by atoms with Gasteiger partial charge in [0.25, 0.3) is 0 Å². The monoisotopic (exact) mass is 688 g/mol. The van der Waals surface area contributed by atoms with Crippen LogP contribution in [-0.4, -0.2) is 93.4 Å². The minimum Gasteiger partial charge on any atom is -0.481 e. The minimum absolute atomic E-state index is 0.0765. The molecule has 1 aromatic carbocycles. The number of carboxylic acids is 2. The van der Waals surface area contributed by atoms with Gasteiger partial charge in [0.15, 0.2) is 0 Å². The van der Waals surface area contributed by atoms with Crippen molar-refractivity contribution in [3.05, 3.63) is 36.0 Å². The Morgan fingerprint density at radius 3 is 2.00 bits per heavy atom. The molecule has 0 aliphatic carbocycles. The van der Waals surface area contributed by atoms with Crippen LogP contribution in [0.3, 0.4) is 0 Å². The fraction of sp³-hybridized carbons (Fsp3) is 0.531. The molecule has 1 heterocycles. The van der Waals surface area contributed by atoms with Gasteiger partial charge in [0, 0.05) is 29.9 Å². The van der Waals surface area contributed by atoms with E-state index in [0.717, 1.165) is 10.9 Å². The summed E-state index contributed by atoms with van der Waals surface area (Å²) in [7, 11) is 0. The van der Waals surface area contributed by atoms with Gasteiger partial charge in [0.2, 0.25) is 29.5 Å². The number of hydrogen-bond acceptors (Lipinski definition) is 9. The lowest BCUT2D eigenvalue weighted by Crippen LogP contribution is -2.59. The molecular weight excluding hydrogens is 640 g/mol. The van der Waals surface area contributed by atoms with Crippen LogP contribution in [0.25, 0.3) is 10.9 Å². The summed E-state index contributed by atoms with van der Waals surface area (Å²) in [6, 6.07) is 0.560. The maximum atomic E-state index is 13.9. The highest BCUT2D eigenvalue weighted by molar-refractivity contribution is 5.96. The third-order valence-corrected chi connectivity index (χ3v) is 7.68. The van der Waals surface area contributed by atoms with Crippen LogP contribution in [0, 0.1) is 5.92 Å². The highest BCUT2D eigenvalue weighted by atomic mass is 16.4. The Morgan fingerprint density at radius 2 is 1.39 bits per heavy atom. The average Bonchev–Trinajstić information content (AvgIpc) is 3.43. The van der Waals surface area contributed by atoms with E-state index in [4.69, 9.17) is 22.3 Å². The lowest BCUT2D eigenvalue weighted by Gasteiger charge is -2.27. The number of hydrogen-bond donors (Lipinski definition) is 10. The first-order valence-corrected chi connectivity index (χ1v) is 16.1. The number of carbonyl (C=O) groups excluding carboxylic acids is 5. The van der Waals surface area contributed by atoms with Crippen molar-refractivity contribution in [3.8, 4) is 0 Å². The zero-order chi connectivity index (χ0) is 36.7. The number of unbranched alkanes of at least 4 members (excludes halogenated alkanes) is 1. The molecule has 0 unspecified atom stereocenters. The molecule has 0 fully saturated rings. The topological polar surface area (TPSA) is 302 Å². The number of carboxylic acid groups (broad SMARTS) is 2. The van der Waals surface area contributed by atoms with Crippen molar-refractivity contribution in [1.29, 1.82) is 0 Å². The largest absolute Gasteiger partial charge is 0.481 e. The number of amides is 5. The molecule has 0 aliphatic heterocycles. The normalized spacial score (nSPS) is 14.2. The summed E-state index contributed by atoms with van der Waals surface area (Å²) in [5.41, 5.74) is 17.9. The molecule has 0 saturated heterocycles. The van der Waals surface area contributed by atoms with Crippen molar-refractivity contribution < 1.29 is 43.8 Å². The maximum Gasteiger partial charge on any atom is 0.326 e. The van der Waals surface area contributed by atoms with Gasteiger partial charge in [-0.3, -0.25) is 28.8 Å². The molecule has 1 aromatic heterocycles. The predicted octanol–water partition coefficient (Wildman–Crippen LogP) is -1.02. The van der Waals surface area contributed by atoms with Crippen LogP contribution in [0.15, 0.2) is 30.5 Å². The maximum absolute atomic E-state index is 13.9. The number of carbonyl (C=O) groups is 7. The highest BCUT2D eigenvalue weighted by Gasteiger charge is 2.33. The highest BCUT2D eigenvalue weighted by Crippen LogP contribution is 2.20. The lowest BCUT2D eigenvalue weighted by atomic mass is 10.00. The van der Waals surface area contributed by atoms with Gasteiger partial charge in [-0.25, -0.2) is 4.79 Å². The van der Waals surface area contributed by atoms with Gasteiger partial charge in [-0.1, -0.05) is 32.0 Å². The number of H-pyrrole nitrogens is 1. The summed E-state index contributed by atoms with van der Waals surface area (Å²) >= 11 is 0. The van der Waals surface area contributed by atoms with Crippen molar-refractivity contribution in [1.82, 2.24) is 26.3 Å². The van der Waals surface area contributed by atoms with Crippen molar-refractivity contribution in [2.24, 2.45) is 23.1 Å². The Hall–Kier alpha value is -5.03. The second-order valence-corrected chi connectivity index (χ2v) is 12.3. The molecule has 270 valence electrons. The van der Waals surface area contributed by atoms with Gasteiger partial charge in [-0.05, 0) is 56.2 Å². The predicted molar refractivity (Wildman–Crippen MR) is 178 cm³/mol. The second-order valence-electron chi connectivity index (χ2n) is 12.3. The number of nitrogens with two attached hydrogens (primary N) is 3. The molecule has 0 spiro atoms. The molecule has 17 nitrogen and oxygen atoms in total. The summed E-state index contributed by atoms with van der Waals surface area (Å²) in [5, 5.41) is 29.5. The van der Waals surface area contributed by atoms with Crippen LogP contribution in [0.2, 0.25) is 0 Å². The third-order valence-electron chi connectivity index (χ3n) is 7.68. The molecule has 5 atom stereocenters. The fourth-order valence-electron chi connectivity index (χ4n) is 5.11. The van der Waals surface area contributed by atoms with E-state index in [0.29, 0.717) is 24.9 Å². The molecule has 2 aromatic rings. The minimum atomic E-state index is -1.43. The molecule has 49 heavy (non-hydrogen) atoms. The first kappa shape index (κ1) is 40.1. The Morgan fingerprint density at radius 1 is 0.796 bits per heavy atom. The second kappa shape index (κ2) is 19.7. The third kappa shape index (κ3) is 13.5. The number of fused-ring (bicyclic) bond motifs is 1. The van der Waals surface area contributed by atoms with Crippen molar-refractivity contribution in [2.45, 2.75) is 95.4 Å². The number of aliphatic carboxylic acids is 2. The molecular formula is C32H48N8O9. The van der Waals surface area contributed by atoms with E-state index in [1.165, 1.54) is 0 Å². The number of rotatable bonds is 22. The van der Waals surface area contributed by atoms with Crippen molar-refractivity contribution in [2.75, 3.05) is 6.54 Å². The average molecular weight is 689 g/mol. The zero-order valence-corrected chi connectivity index (χ0v) is 27.7. The number of nitrogens with one attached hydrogen (secondary N) is 5. The Bertz CT molecular complexity index is 1480. The number of para-hydroxylation sites is 1. The molecule has 0 bridgehead atoms. The Kier molecular flexibility index (Phi) is 16.1. The summed E-state index contributed by atoms with van der Waals surface area (Å²) in [6.07, 6.45) is 1.47. The van der Waals surface area contributed by atoms with Gasteiger partial charge in [0.1, 0.15) is 24.2 Å². The van der Waals surface area contributed by atoms with Gasteiger partial charge in [-0.2, -0.15) is 0 Å². The van der Waals surface area contributed by atoms with Crippen molar-refractivity contribution >= 4 is 52.4 Å². The van der Waals surface area contributed by atoms with Crippen LogP contribution < -0.4 is 38.5 Å². The van der Waals surface area contributed by atoms with E-state index in [-0.39, 0.29) is 38.0 Å². The van der Waals surface area contributed by atoms with E-state index in [1.807, 2.05) is 18.2 Å². The van der Waals surface area contributed by atoms with E-state index in [2.05, 4.69) is 26.3 Å². The van der Waals surface area contributed by atoms with Gasteiger partial charge < -0.3 is 53.7 Å². The van der Waals surface area contributed by atoms with Crippen molar-refractivity contribution in [3.63, 3.8) is 0 Å². The van der Waals surface area contributed by atoms with E-state index in [1.54, 1.807) is 26.1 Å². The fourth-order valence-corrected chi connectivity index (χ4v) is 5.11. The molecule has 2 rings (SSSR count). The smallest absolute Gasteiger partial charge is 0.326 e. The summed E-state index contributed by atoms with van der Waals surface area (Å²) < 4.78 is 0. The van der Waals surface area contributed by atoms with E-state index in [9.17, 15) is 38.7 Å². The standard InChI is InChI=1S/C32H48N8O9/c1-17(2)13-24(39-28(44)20(34)15-27(42)43)30(46)40-25(14-18-16-36-21-8-4-3-7-19(18)21)31(47)37-22(10-11-26(35)41)29(45)38-23(32(48)49)9-5-6-12-33/h3-4,7-8,16-17,20,22-25,36H,5-6,9-15,33-34H2,1-2H3,(H2,35,41)(H,37,47)(H,38,45)(H,39,44)(H,40,46)(H,42,43)(H,48,49)/t20-,22-,23-,24+,25-/m1/s1. The van der Waals surface area contributed by atoms with Gasteiger partial charge >= 0.3 is 11.9 Å². The molecule has 5 amide bonds. The summed E-state index contributed by atoms with van der Waals surface area (Å²) in [6.45, 7) is 3.92. The quantitative estimate of drug-likeness (QED) is 0.0668. The molecule has 13 N–H and O–H groups in total. The van der Waals surface area contributed by atoms with E-state index < -0.39 is 78.1 Å². The van der Waals surface area contributed by atoms with Gasteiger partial charge in [0.05, 0.1) is 12.5 Å². The zero-order valence-electron chi connectivity index (χ0n) is 27.7. The van der Waals surface area contributed by atoms with Gasteiger partial charge in [-0.15, -0.1) is 0 Å². The molecule has 17 heteroatoms. The molecule has 0 radical (unpaired) electrons. The van der Waals surface area contributed by atoms with Crippen LogP contribution in [0.4, 0.5) is 0 Å². The van der Waals surface area contributed by atoms with Crippen LogP contribution in [0.5, 0.6) is 0 Å². The SMILES string of the molecule is CC(C)C[C@H](NC(=O)[C@H](N)CC(=O)O)C(=O)N[C@H](Cc1c[nH]c2ccccc12)C(=O)N[C@H](CCC(N)=O)C(=O)N[C@H](CCCCN)C(=O)O. The van der Waals surface area contributed by atoms with Crippen LogP contribution in [0.1, 0.15) is 64.4 Å².